The molecule has 0 heterocycles. The Bertz CT molecular complexity index is 190. The van der Waals surface area contributed by atoms with Gasteiger partial charge in [0, 0.05) is 0 Å². The zero-order chi connectivity index (χ0) is 8.36. The third kappa shape index (κ3) is 3.45. The van der Waals surface area contributed by atoms with Gasteiger partial charge in [-0.15, -0.1) is 0 Å². The largest absolute Gasteiger partial charge is 0.347 e. The summed E-state index contributed by atoms with van der Waals surface area (Å²) in [4.78, 5) is 10.7. The van der Waals surface area contributed by atoms with Gasteiger partial charge in [-0.2, -0.15) is 8.42 Å². The predicted molar refractivity (Wildman–Crippen MR) is 35.9 cm³/mol. The van der Waals surface area contributed by atoms with Crippen molar-refractivity contribution in [2.75, 3.05) is 0 Å². The van der Waals surface area contributed by atoms with Crippen LogP contribution < -0.4 is 0 Å². The van der Waals surface area contributed by atoms with E-state index in [4.69, 9.17) is 0 Å². The minimum atomic E-state index is -3.05. The van der Waals surface area contributed by atoms with Crippen LogP contribution in [0.3, 0.4) is 0 Å². The number of hydrogen-bond acceptors (Lipinski definition) is 4. The van der Waals surface area contributed by atoms with Crippen LogP contribution in [0.15, 0.2) is 0 Å². The zero-order valence-electron chi connectivity index (χ0n) is 6.08. The van der Waals surface area contributed by atoms with Gasteiger partial charge in [-0.25, -0.2) is 0 Å². The summed E-state index contributed by atoms with van der Waals surface area (Å²) in [5, 5.41) is 0. The fourth-order valence-corrected chi connectivity index (χ4v) is 0.614. The maximum atomic E-state index is 10.7. The van der Waals surface area contributed by atoms with E-state index in [2.05, 4.69) is 4.18 Å². The van der Waals surface area contributed by atoms with Crippen LogP contribution in [0.5, 0.6) is 0 Å². The van der Waals surface area contributed by atoms with Crippen LogP contribution in [-0.4, -0.2) is 14.4 Å². The third-order valence-corrected chi connectivity index (χ3v) is 1.08. The monoisotopic (exact) mass is 166 g/mol. The molecule has 0 aliphatic rings. The van der Waals surface area contributed by atoms with Gasteiger partial charge in [0.15, 0.2) is 0 Å². The van der Waals surface area contributed by atoms with Gasteiger partial charge in [-0.05, 0) is 20.8 Å². The van der Waals surface area contributed by atoms with Gasteiger partial charge in [0.1, 0.15) is 0 Å². The minimum Gasteiger partial charge on any atom is -0.347 e. The van der Waals surface area contributed by atoms with Crippen molar-refractivity contribution in [1.82, 2.24) is 0 Å². The highest BCUT2D eigenvalue weighted by atomic mass is 32.2. The maximum absolute atomic E-state index is 10.7. The van der Waals surface area contributed by atoms with Gasteiger partial charge in [-0.3, -0.25) is 4.79 Å². The average Bonchev–Trinajstić information content (AvgIpc) is 1.60. The van der Waals surface area contributed by atoms with Gasteiger partial charge in [0.25, 0.3) is 0 Å². The van der Waals surface area contributed by atoms with Crippen LogP contribution in [0.25, 0.3) is 0 Å². The molecule has 5 heteroatoms. The van der Waals surface area contributed by atoms with Crippen LogP contribution in [0, 0.1) is 5.41 Å². The lowest BCUT2D eigenvalue weighted by Gasteiger charge is -2.12. The van der Waals surface area contributed by atoms with Crippen LogP contribution in [0.2, 0.25) is 0 Å². The Morgan fingerprint density at radius 2 is 1.70 bits per heavy atom. The van der Waals surface area contributed by atoms with Gasteiger partial charge >= 0.3 is 17.0 Å². The highest BCUT2D eigenvalue weighted by molar-refractivity contribution is 7.67. The SMILES string of the molecule is CC(C)(C)C(=O)O[SH](=O)=O. The minimum absolute atomic E-state index is 0.733. The number of hydrogen-bond donors (Lipinski definition) is 1. The molecule has 4 nitrogen and oxygen atoms in total. The number of carbonyl (C=O) groups is 1. The molecule has 0 aromatic carbocycles. The fourth-order valence-electron chi connectivity index (χ4n) is 0.205. The molecule has 0 aliphatic heterocycles. The molecule has 0 bridgehead atoms. The molecule has 60 valence electrons. The Morgan fingerprint density at radius 3 is 1.80 bits per heavy atom. The van der Waals surface area contributed by atoms with Crippen LogP contribution in [-0.2, 0) is 20.0 Å². The molecular formula is C5H10O4S. The molecule has 0 N–H and O–H groups in total. The van der Waals surface area contributed by atoms with Crippen molar-refractivity contribution >= 4 is 17.0 Å². The van der Waals surface area contributed by atoms with Gasteiger partial charge < -0.3 is 4.18 Å². The lowest BCUT2D eigenvalue weighted by Crippen LogP contribution is -2.22. The van der Waals surface area contributed by atoms with Gasteiger partial charge in [-0.1, -0.05) is 0 Å². The molecule has 0 atom stereocenters. The fraction of sp³-hybridized carbons (Fsp3) is 0.800. The topological polar surface area (TPSA) is 60.4 Å². The summed E-state index contributed by atoms with van der Waals surface area (Å²) in [6.07, 6.45) is 0. The molecule has 0 aromatic rings. The second-order valence-corrected chi connectivity index (χ2v) is 3.48. The standard InChI is InChI=1S/C5H10O4S/c1-5(2,3)4(6)9-10(7)8/h10H,1-3H3. The summed E-state index contributed by atoms with van der Waals surface area (Å²) in [6.45, 7) is 4.73. The van der Waals surface area contributed by atoms with Crippen molar-refractivity contribution in [3.05, 3.63) is 0 Å². The van der Waals surface area contributed by atoms with E-state index < -0.39 is 22.4 Å². The van der Waals surface area contributed by atoms with Crippen molar-refractivity contribution in [2.24, 2.45) is 5.41 Å². The van der Waals surface area contributed by atoms with E-state index in [0.717, 1.165) is 0 Å². The maximum Gasteiger partial charge on any atom is 0.327 e. The van der Waals surface area contributed by atoms with E-state index in [9.17, 15) is 13.2 Å². The smallest absolute Gasteiger partial charge is 0.327 e. The normalized spacial score (nSPS) is 11.6. The Kier molecular flexibility index (Phi) is 2.83. The number of rotatable bonds is 1. The van der Waals surface area contributed by atoms with Crippen molar-refractivity contribution in [3.63, 3.8) is 0 Å². The first-order valence-electron chi connectivity index (χ1n) is 2.71. The molecule has 0 fully saturated rings. The van der Waals surface area contributed by atoms with Crippen molar-refractivity contribution in [1.29, 1.82) is 0 Å². The van der Waals surface area contributed by atoms with E-state index in [-0.39, 0.29) is 0 Å². The predicted octanol–water partition coefficient (Wildman–Crippen LogP) is 0.102. The second kappa shape index (κ2) is 3.01. The highest BCUT2D eigenvalue weighted by Gasteiger charge is 2.23. The van der Waals surface area contributed by atoms with Crippen LogP contribution in [0.4, 0.5) is 0 Å². The molecule has 0 rings (SSSR count). The van der Waals surface area contributed by atoms with E-state index in [1.807, 2.05) is 0 Å². The summed E-state index contributed by atoms with van der Waals surface area (Å²) in [6, 6.07) is 0. The average molecular weight is 166 g/mol. The van der Waals surface area contributed by atoms with Gasteiger partial charge in [0.05, 0.1) is 5.41 Å². The molecule has 10 heavy (non-hydrogen) atoms. The lowest BCUT2D eigenvalue weighted by molar-refractivity contribution is -0.142. The molecule has 0 aliphatic carbocycles. The Labute approximate surface area is 61.3 Å². The van der Waals surface area contributed by atoms with E-state index in [1.54, 1.807) is 20.8 Å². The first-order chi connectivity index (χ1) is 4.34. The molecule has 0 saturated heterocycles. The van der Waals surface area contributed by atoms with Crippen molar-refractivity contribution in [3.8, 4) is 0 Å². The molecular weight excluding hydrogens is 156 g/mol. The lowest BCUT2D eigenvalue weighted by atomic mass is 9.98. The summed E-state index contributed by atoms with van der Waals surface area (Å²) in [7, 11) is -3.05. The summed E-state index contributed by atoms with van der Waals surface area (Å²) < 4.78 is 23.6. The molecule has 0 unspecified atom stereocenters. The van der Waals surface area contributed by atoms with Crippen molar-refractivity contribution < 1.29 is 17.4 Å². The molecule has 0 saturated carbocycles. The van der Waals surface area contributed by atoms with E-state index in [1.165, 1.54) is 0 Å². The first-order valence-corrected chi connectivity index (χ1v) is 3.80. The Morgan fingerprint density at radius 1 is 1.30 bits per heavy atom. The quantitative estimate of drug-likeness (QED) is 0.561. The summed E-state index contributed by atoms with van der Waals surface area (Å²) in [5.41, 5.74) is -0.755. The number of thiol groups is 1. The molecule has 0 aromatic heterocycles. The summed E-state index contributed by atoms with van der Waals surface area (Å²) in [5.74, 6) is -0.733. The second-order valence-electron chi connectivity index (χ2n) is 2.85. The Hall–Kier alpha value is -0.580. The Balaban J connectivity index is 4.12. The molecule has 0 spiro atoms. The highest BCUT2D eigenvalue weighted by Crippen LogP contribution is 2.14. The summed E-state index contributed by atoms with van der Waals surface area (Å²) >= 11 is 0. The van der Waals surface area contributed by atoms with Crippen LogP contribution >= 0.6 is 0 Å². The third-order valence-electron chi connectivity index (χ3n) is 0.770. The first kappa shape index (κ1) is 9.42. The number of carbonyl (C=O) groups excluding carboxylic acids is 1. The zero-order valence-corrected chi connectivity index (χ0v) is 6.97. The van der Waals surface area contributed by atoms with Crippen LogP contribution in [0.1, 0.15) is 20.8 Å². The molecule has 0 radical (unpaired) electrons. The van der Waals surface area contributed by atoms with E-state index in [0.29, 0.717) is 0 Å². The van der Waals surface area contributed by atoms with E-state index >= 15 is 0 Å². The van der Waals surface area contributed by atoms with Crippen molar-refractivity contribution in [2.45, 2.75) is 20.8 Å². The van der Waals surface area contributed by atoms with Gasteiger partial charge in [0.2, 0.25) is 0 Å². The molecule has 0 amide bonds.